The van der Waals surface area contributed by atoms with Crippen molar-refractivity contribution in [3.05, 3.63) is 29.8 Å². The number of β-amino-alcohol motifs (C(OH)–C–C–N with tert-alkyl or cyclic N) is 1. The number of hydrogen-bond acceptors (Lipinski definition) is 4. The summed E-state index contributed by atoms with van der Waals surface area (Å²) in [7, 11) is 0. The van der Waals surface area contributed by atoms with Gasteiger partial charge in [-0.15, -0.1) is 0 Å². The van der Waals surface area contributed by atoms with Gasteiger partial charge in [0.1, 0.15) is 18.5 Å². The van der Waals surface area contributed by atoms with Gasteiger partial charge in [-0.1, -0.05) is 17.7 Å². The highest BCUT2D eigenvalue weighted by Gasteiger charge is 2.14. The molecule has 100 valence electrons. The lowest BCUT2D eigenvalue weighted by Gasteiger charge is -2.29. The van der Waals surface area contributed by atoms with E-state index < -0.39 is 6.10 Å². The van der Waals surface area contributed by atoms with Gasteiger partial charge in [0.25, 0.3) is 0 Å². The van der Waals surface area contributed by atoms with Gasteiger partial charge in [0.15, 0.2) is 0 Å². The van der Waals surface area contributed by atoms with Crippen LogP contribution in [-0.4, -0.2) is 55.4 Å². The van der Waals surface area contributed by atoms with Crippen molar-refractivity contribution in [1.29, 1.82) is 0 Å². The largest absolute Gasteiger partial charge is 0.491 e. The molecule has 2 N–H and O–H groups in total. The maximum Gasteiger partial charge on any atom is 0.119 e. The van der Waals surface area contributed by atoms with E-state index in [1.54, 1.807) is 0 Å². The summed E-state index contributed by atoms with van der Waals surface area (Å²) in [5, 5.41) is 13.2. The normalized spacial score (nSPS) is 18.6. The first-order valence-corrected chi connectivity index (χ1v) is 6.54. The van der Waals surface area contributed by atoms with Crippen LogP contribution in [-0.2, 0) is 0 Å². The van der Waals surface area contributed by atoms with Gasteiger partial charge >= 0.3 is 0 Å². The molecule has 1 heterocycles. The summed E-state index contributed by atoms with van der Waals surface area (Å²) < 4.78 is 5.57. The molecule has 1 fully saturated rings. The zero-order valence-electron chi connectivity index (χ0n) is 10.9. The molecule has 0 unspecified atom stereocenters. The first-order chi connectivity index (χ1) is 8.74. The Hall–Kier alpha value is -1.10. The second kappa shape index (κ2) is 6.73. The highest BCUT2D eigenvalue weighted by molar-refractivity contribution is 5.26. The second-order valence-electron chi connectivity index (χ2n) is 4.83. The number of hydrogen-bond donors (Lipinski definition) is 2. The Bertz CT molecular complexity index is 347. The average molecular weight is 250 g/mol. The molecule has 2 rings (SSSR count). The van der Waals surface area contributed by atoms with Crippen LogP contribution in [0.3, 0.4) is 0 Å². The van der Waals surface area contributed by atoms with Crippen LogP contribution < -0.4 is 10.1 Å². The Labute approximate surface area is 109 Å². The number of benzene rings is 1. The van der Waals surface area contributed by atoms with Gasteiger partial charge in [-0.05, 0) is 19.1 Å². The van der Waals surface area contributed by atoms with Gasteiger partial charge in [-0.25, -0.2) is 0 Å². The fourth-order valence-electron chi connectivity index (χ4n) is 2.07. The highest BCUT2D eigenvalue weighted by Crippen LogP contribution is 2.11. The quantitative estimate of drug-likeness (QED) is 0.805. The summed E-state index contributed by atoms with van der Waals surface area (Å²) in [6.07, 6.45) is -0.426. The molecule has 0 radical (unpaired) electrons. The van der Waals surface area contributed by atoms with Crippen molar-refractivity contribution < 1.29 is 9.84 Å². The summed E-state index contributed by atoms with van der Waals surface area (Å²) in [6, 6.07) is 7.90. The molecule has 1 aromatic carbocycles. The van der Waals surface area contributed by atoms with E-state index in [4.69, 9.17) is 4.74 Å². The van der Waals surface area contributed by atoms with Gasteiger partial charge in [0.2, 0.25) is 0 Å². The molecule has 1 aliphatic rings. The molecule has 1 atom stereocenters. The monoisotopic (exact) mass is 250 g/mol. The molecule has 1 aliphatic heterocycles. The van der Waals surface area contributed by atoms with Crippen LogP contribution >= 0.6 is 0 Å². The third kappa shape index (κ3) is 4.29. The number of aliphatic hydroxyl groups is 1. The Morgan fingerprint density at radius 3 is 2.61 bits per heavy atom. The lowest BCUT2D eigenvalue weighted by molar-refractivity contribution is 0.0641. The maximum atomic E-state index is 9.93. The third-order valence-electron chi connectivity index (χ3n) is 3.14. The Kier molecular flexibility index (Phi) is 4.99. The van der Waals surface area contributed by atoms with Gasteiger partial charge in [0, 0.05) is 32.7 Å². The zero-order chi connectivity index (χ0) is 12.8. The number of aliphatic hydroxyl groups excluding tert-OH is 1. The number of rotatable bonds is 5. The van der Waals surface area contributed by atoms with E-state index >= 15 is 0 Å². The van der Waals surface area contributed by atoms with E-state index in [1.165, 1.54) is 5.56 Å². The molecule has 0 spiro atoms. The van der Waals surface area contributed by atoms with E-state index in [-0.39, 0.29) is 0 Å². The van der Waals surface area contributed by atoms with Crippen LogP contribution in [0.1, 0.15) is 5.56 Å². The Morgan fingerprint density at radius 2 is 1.94 bits per heavy atom. The van der Waals surface area contributed by atoms with Crippen molar-refractivity contribution in [3.8, 4) is 5.75 Å². The number of ether oxygens (including phenoxy) is 1. The fraction of sp³-hybridized carbons (Fsp3) is 0.571. The highest BCUT2D eigenvalue weighted by atomic mass is 16.5. The summed E-state index contributed by atoms with van der Waals surface area (Å²) >= 11 is 0. The first-order valence-electron chi connectivity index (χ1n) is 6.54. The lowest BCUT2D eigenvalue weighted by atomic mass is 10.2. The van der Waals surface area contributed by atoms with Crippen LogP contribution in [0.4, 0.5) is 0 Å². The molecular formula is C14H22N2O2. The minimum Gasteiger partial charge on any atom is -0.491 e. The minimum atomic E-state index is -0.426. The van der Waals surface area contributed by atoms with Gasteiger partial charge in [-0.3, -0.25) is 4.90 Å². The molecule has 0 bridgehead atoms. The lowest BCUT2D eigenvalue weighted by Crippen LogP contribution is -2.47. The summed E-state index contributed by atoms with van der Waals surface area (Å²) in [4.78, 5) is 2.26. The molecule has 4 heteroatoms. The first kappa shape index (κ1) is 13.3. The Balaban J connectivity index is 1.70. The van der Waals surface area contributed by atoms with Crippen molar-refractivity contribution >= 4 is 0 Å². The van der Waals surface area contributed by atoms with E-state index in [9.17, 15) is 5.11 Å². The van der Waals surface area contributed by atoms with Gasteiger partial charge in [0.05, 0.1) is 0 Å². The van der Waals surface area contributed by atoms with E-state index in [0.29, 0.717) is 13.2 Å². The molecule has 18 heavy (non-hydrogen) atoms. The van der Waals surface area contributed by atoms with Crippen LogP contribution in [0, 0.1) is 6.92 Å². The Morgan fingerprint density at radius 1 is 1.28 bits per heavy atom. The molecule has 1 saturated heterocycles. The van der Waals surface area contributed by atoms with Crippen LogP contribution in [0.25, 0.3) is 0 Å². The molecule has 0 aliphatic carbocycles. The van der Waals surface area contributed by atoms with Crippen LogP contribution in [0.5, 0.6) is 5.75 Å². The van der Waals surface area contributed by atoms with Crippen LogP contribution in [0.15, 0.2) is 24.3 Å². The van der Waals surface area contributed by atoms with E-state index in [2.05, 4.69) is 10.2 Å². The molecule has 0 saturated carbocycles. The molecule has 1 aromatic rings. The maximum absolute atomic E-state index is 9.93. The molecule has 0 aromatic heterocycles. The number of nitrogens with one attached hydrogen (secondary N) is 1. The third-order valence-corrected chi connectivity index (χ3v) is 3.14. The second-order valence-corrected chi connectivity index (χ2v) is 4.83. The summed E-state index contributed by atoms with van der Waals surface area (Å²) in [6.45, 7) is 7.10. The SMILES string of the molecule is Cc1ccc(OC[C@H](O)CN2CCNCC2)cc1. The molecule has 4 nitrogen and oxygen atoms in total. The minimum absolute atomic E-state index is 0.354. The van der Waals surface area contributed by atoms with Crippen molar-refractivity contribution in [3.63, 3.8) is 0 Å². The fourth-order valence-corrected chi connectivity index (χ4v) is 2.07. The molecular weight excluding hydrogens is 228 g/mol. The van der Waals surface area contributed by atoms with E-state index in [1.807, 2.05) is 31.2 Å². The van der Waals surface area contributed by atoms with Crippen molar-refractivity contribution in [1.82, 2.24) is 10.2 Å². The topological polar surface area (TPSA) is 44.7 Å². The van der Waals surface area contributed by atoms with E-state index in [0.717, 1.165) is 31.9 Å². The molecule has 0 amide bonds. The number of nitrogens with zero attached hydrogens (tertiary/aromatic N) is 1. The van der Waals surface area contributed by atoms with Gasteiger partial charge in [-0.2, -0.15) is 0 Å². The van der Waals surface area contributed by atoms with Crippen molar-refractivity contribution in [2.75, 3.05) is 39.3 Å². The standard InChI is InChI=1S/C14H22N2O2/c1-12-2-4-14(5-3-12)18-11-13(17)10-16-8-6-15-7-9-16/h2-5,13,15,17H,6-11H2,1H3/t13-/m1/s1. The number of aryl methyl sites for hydroxylation is 1. The predicted molar refractivity (Wildman–Crippen MR) is 72.0 cm³/mol. The average Bonchev–Trinajstić information content (AvgIpc) is 2.39. The number of piperazine rings is 1. The predicted octanol–water partition coefficient (Wildman–Crippen LogP) is 0.640. The smallest absolute Gasteiger partial charge is 0.119 e. The summed E-state index contributed by atoms with van der Waals surface area (Å²) in [5.74, 6) is 0.819. The van der Waals surface area contributed by atoms with Crippen molar-refractivity contribution in [2.24, 2.45) is 0 Å². The van der Waals surface area contributed by atoms with Crippen LogP contribution in [0.2, 0.25) is 0 Å². The van der Waals surface area contributed by atoms with Gasteiger partial charge < -0.3 is 15.2 Å². The summed E-state index contributed by atoms with van der Waals surface area (Å²) in [5.41, 5.74) is 1.21. The van der Waals surface area contributed by atoms with Crippen molar-refractivity contribution in [2.45, 2.75) is 13.0 Å². The zero-order valence-corrected chi connectivity index (χ0v) is 10.9.